The van der Waals surface area contributed by atoms with Gasteiger partial charge in [0.2, 0.25) is 11.7 Å². The maximum absolute atomic E-state index is 14.2. The Hall–Kier alpha value is -2.77. The number of Topliss-reactive ketones (excluding diaryl/α,β-unsaturated/α-hetero) is 3. The highest BCUT2D eigenvalue weighted by Gasteiger charge is 2.69. The molecule has 2 aliphatic carbocycles. The highest BCUT2D eigenvalue weighted by atomic mass is 16.6. The van der Waals surface area contributed by atoms with E-state index in [0.29, 0.717) is 25.8 Å². The summed E-state index contributed by atoms with van der Waals surface area (Å²) < 4.78 is 5.50. The number of nitrogens with one attached hydrogen (secondary N) is 1. The van der Waals surface area contributed by atoms with E-state index >= 15 is 0 Å². The molecule has 2 saturated carbocycles. The smallest absolute Gasteiger partial charge is 0.408 e. The molecule has 5 atom stereocenters. The second-order valence-electron chi connectivity index (χ2n) is 13.8. The lowest BCUT2D eigenvalue weighted by Gasteiger charge is -2.37. The molecule has 3 fully saturated rings. The number of ether oxygens (including phenoxy) is 1. The number of hydrogen-bond acceptors (Lipinski definition) is 6. The van der Waals surface area contributed by atoms with Gasteiger partial charge < -0.3 is 15.0 Å². The van der Waals surface area contributed by atoms with Gasteiger partial charge in [0.1, 0.15) is 11.6 Å². The van der Waals surface area contributed by atoms with Crippen molar-refractivity contribution in [2.24, 2.45) is 29.1 Å². The number of amides is 2. The summed E-state index contributed by atoms with van der Waals surface area (Å²) in [6, 6.07) is -1.46. The number of allylic oxidation sites excluding steroid dienone is 2. The largest absolute Gasteiger partial charge is 0.444 e. The lowest BCUT2D eigenvalue weighted by atomic mass is 9.82. The van der Waals surface area contributed by atoms with Crippen molar-refractivity contribution in [3.05, 3.63) is 25.3 Å². The number of hydrogen-bond donors (Lipinski definition) is 1. The number of ketones is 3. The fourth-order valence-electron chi connectivity index (χ4n) is 6.94. The average Bonchev–Trinajstić information content (AvgIpc) is 3.23. The third-order valence-electron chi connectivity index (χ3n) is 9.27. The predicted octanol–water partition coefficient (Wildman–Crippen LogP) is 5.59. The van der Waals surface area contributed by atoms with Gasteiger partial charge in [-0.2, -0.15) is 0 Å². The van der Waals surface area contributed by atoms with Gasteiger partial charge in [0.25, 0.3) is 0 Å². The second-order valence-corrected chi connectivity index (χ2v) is 13.8. The summed E-state index contributed by atoms with van der Waals surface area (Å²) in [5.74, 6) is -2.08. The van der Waals surface area contributed by atoms with Crippen LogP contribution in [0.3, 0.4) is 0 Å². The first kappa shape index (κ1) is 32.7. The van der Waals surface area contributed by atoms with Crippen LogP contribution >= 0.6 is 0 Å². The first-order valence-corrected chi connectivity index (χ1v) is 15.3. The Morgan fingerprint density at radius 2 is 1.66 bits per heavy atom. The molecule has 1 heterocycles. The second kappa shape index (κ2) is 13.5. The van der Waals surface area contributed by atoms with Crippen molar-refractivity contribution in [2.45, 2.75) is 117 Å². The molecule has 0 aromatic carbocycles. The molecule has 41 heavy (non-hydrogen) atoms. The van der Waals surface area contributed by atoms with Gasteiger partial charge >= 0.3 is 6.09 Å². The minimum Gasteiger partial charge on any atom is -0.444 e. The molecule has 8 heteroatoms. The van der Waals surface area contributed by atoms with Crippen LogP contribution in [0.15, 0.2) is 25.3 Å². The average molecular weight is 571 g/mol. The summed E-state index contributed by atoms with van der Waals surface area (Å²) >= 11 is 0. The van der Waals surface area contributed by atoms with Gasteiger partial charge in [0.05, 0.1) is 6.04 Å². The van der Waals surface area contributed by atoms with Crippen LogP contribution in [0.5, 0.6) is 0 Å². The molecule has 3 rings (SSSR count). The normalized spacial score (nSPS) is 24.9. The molecule has 3 unspecified atom stereocenters. The highest BCUT2D eigenvalue weighted by Crippen LogP contribution is 2.65. The van der Waals surface area contributed by atoms with Crippen molar-refractivity contribution in [3.63, 3.8) is 0 Å². The zero-order chi connectivity index (χ0) is 30.5. The van der Waals surface area contributed by atoms with Gasteiger partial charge in [-0.3, -0.25) is 19.2 Å². The van der Waals surface area contributed by atoms with Crippen molar-refractivity contribution in [3.8, 4) is 0 Å². The molecule has 0 spiro atoms. The zero-order valence-corrected chi connectivity index (χ0v) is 25.7. The molecule has 1 N–H and O–H groups in total. The van der Waals surface area contributed by atoms with E-state index in [4.69, 9.17) is 4.74 Å². The van der Waals surface area contributed by atoms with Crippen LogP contribution in [0.1, 0.15) is 98.8 Å². The molecule has 228 valence electrons. The van der Waals surface area contributed by atoms with E-state index in [1.807, 2.05) is 0 Å². The first-order valence-electron chi connectivity index (χ1n) is 15.3. The minimum absolute atomic E-state index is 0.0147. The van der Waals surface area contributed by atoms with Crippen LogP contribution in [0.25, 0.3) is 0 Å². The Bertz CT molecular complexity index is 1030. The number of nitrogens with zero attached hydrogens (tertiary/aromatic N) is 1. The number of fused-ring (bicyclic) bond motifs is 1. The first-order chi connectivity index (χ1) is 19.2. The van der Waals surface area contributed by atoms with Crippen molar-refractivity contribution in [2.75, 3.05) is 6.54 Å². The molecular formula is C33H50N2O6. The molecule has 0 radical (unpaired) electrons. The molecule has 8 nitrogen and oxygen atoms in total. The monoisotopic (exact) mass is 570 g/mol. The van der Waals surface area contributed by atoms with E-state index in [0.717, 1.165) is 32.1 Å². The van der Waals surface area contributed by atoms with Gasteiger partial charge in [0, 0.05) is 25.3 Å². The maximum atomic E-state index is 14.2. The standard InChI is InChI=1S/C33H50N2O6/c1-8-10-15-22(29(38)24(36)18-11-9-2)19-25(37)28-26-23(33(26,6)7)20-35(28)30(39)27(21-16-13-12-14-17-21)34-31(40)41-32(3,4)5/h8-9,21-23,26-28H,1-2,10-20H2,3-7H3,(H,34,40)/t22?,23?,26?,27-,28+/m0/s1. The van der Waals surface area contributed by atoms with Crippen LogP contribution in [0.4, 0.5) is 4.79 Å². The van der Waals surface area contributed by atoms with Crippen molar-refractivity contribution in [1.82, 2.24) is 10.2 Å². The van der Waals surface area contributed by atoms with E-state index in [-0.39, 0.29) is 47.7 Å². The van der Waals surface area contributed by atoms with E-state index in [1.165, 1.54) is 0 Å². The Kier molecular flexibility index (Phi) is 10.8. The Morgan fingerprint density at radius 1 is 1.02 bits per heavy atom. The van der Waals surface area contributed by atoms with Crippen LogP contribution < -0.4 is 5.32 Å². The zero-order valence-electron chi connectivity index (χ0n) is 25.7. The highest BCUT2D eigenvalue weighted by molar-refractivity contribution is 6.38. The van der Waals surface area contributed by atoms with Crippen LogP contribution in [0.2, 0.25) is 0 Å². The van der Waals surface area contributed by atoms with Crippen LogP contribution in [-0.2, 0) is 23.9 Å². The molecule has 0 bridgehead atoms. The van der Waals surface area contributed by atoms with Crippen LogP contribution in [-0.4, -0.2) is 58.5 Å². The summed E-state index contributed by atoms with van der Waals surface area (Å²) in [6.45, 7) is 17.4. The predicted molar refractivity (Wildman–Crippen MR) is 158 cm³/mol. The van der Waals surface area contributed by atoms with Gasteiger partial charge in [-0.25, -0.2) is 4.79 Å². The van der Waals surface area contributed by atoms with Crippen molar-refractivity contribution < 1.29 is 28.7 Å². The third kappa shape index (κ3) is 7.95. The lowest BCUT2D eigenvalue weighted by molar-refractivity contribution is -0.144. The van der Waals surface area contributed by atoms with Crippen molar-refractivity contribution in [1.29, 1.82) is 0 Å². The van der Waals surface area contributed by atoms with E-state index in [1.54, 1.807) is 37.8 Å². The van der Waals surface area contributed by atoms with Gasteiger partial charge in [-0.05, 0) is 76.0 Å². The van der Waals surface area contributed by atoms with Gasteiger partial charge in [-0.15, -0.1) is 13.2 Å². The summed E-state index contributed by atoms with van der Waals surface area (Å²) in [7, 11) is 0. The maximum Gasteiger partial charge on any atom is 0.408 e. The summed E-state index contributed by atoms with van der Waals surface area (Å²) in [5, 5.41) is 2.87. The molecule has 1 saturated heterocycles. The Balaban J connectivity index is 1.85. The topological polar surface area (TPSA) is 110 Å². The molecular weight excluding hydrogens is 520 g/mol. The summed E-state index contributed by atoms with van der Waals surface area (Å²) in [4.78, 5) is 68.4. The number of piperidine rings is 1. The summed E-state index contributed by atoms with van der Waals surface area (Å²) in [5.41, 5.74) is -0.811. The molecule has 0 aromatic heterocycles. The number of carbonyl (C=O) groups is 5. The number of alkyl carbamates (subject to hydrolysis) is 1. The van der Waals surface area contributed by atoms with Crippen molar-refractivity contribution >= 4 is 29.4 Å². The van der Waals surface area contributed by atoms with E-state index < -0.39 is 41.3 Å². The minimum atomic E-state index is -0.778. The fraction of sp³-hybridized carbons (Fsp3) is 0.727. The number of rotatable bonds is 14. The lowest BCUT2D eigenvalue weighted by Crippen LogP contribution is -2.57. The number of likely N-dealkylation sites (tertiary alicyclic amines) is 1. The molecule has 0 aromatic rings. The fourth-order valence-corrected chi connectivity index (χ4v) is 6.94. The SMILES string of the molecule is C=CCCC(=O)C(=O)C(CCC=C)CC(=O)[C@@H]1C2C(CN1C(=O)[C@@H](NC(=O)OC(C)(C)C)C1CCCCC1)C2(C)C. The quantitative estimate of drug-likeness (QED) is 0.215. The molecule has 1 aliphatic heterocycles. The third-order valence-corrected chi connectivity index (χ3v) is 9.27. The van der Waals surface area contributed by atoms with Gasteiger partial charge in [-0.1, -0.05) is 45.3 Å². The molecule has 3 aliphatic rings. The number of carbonyl (C=O) groups excluding carboxylic acids is 5. The molecule has 2 amide bonds. The Morgan fingerprint density at radius 3 is 2.24 bits per heavy atom. The Labute approximate surface area is 245 Å². The van der Waals surface area contributed by atoms with Crippen LogP contribution in [0, 0.1) is 29.1 Å². The van der Waals surface area contributed by atoms with E-state index in [2.05, 4.69) is 32.3 Å². The van der Waals surface area contributed by atoms with E-state index in [9.17, 15) is 24.0 Å². The summed E-state index contributed by atoms with van der Waals surface area (Å²) in [6.07, 6.45) is 8.61. The van der Waals surface area contributed by atoms with Gasteiger partial charge in [0.15, 0.2) is 11.6 Å².